The van der Waals surface area contributed by atoms with Crippen molar-refractivity contribution in [2.24, 2.45) is 0 Å². The van der Waals surface area contributed by atoms with Gasteiger partial charge in [-0.15, -0.1) is 0 Å². The summed E-state index contributed by atoms with van der Waals surface area (Å²) >= 11 is 0. The molecule has 0 aliphatic carbocycles. The molecular weight excluding hydrogens is 110 g/mol. The van der Waals surface area contributed by atoms with Crippen LogP contribution in [-0.4, -0.2) is 0 Å². The zero-order valence-corrected chi connectivity index (χ0v) is 5.18. The Labute approximate surface area is 54.6 Å². The van der Waals surface area contributed by atoms with Crippen molar-refractivity contribution in [2.45, 2.75) is 6.92 Å². The highest BCUT2D eigenvalue weighted by Crippen LogP contribution is 1.98. The summed E-state index contributed by atoms with van der Waals surface area (Å²) < 4.78 is 0. The second kappa shape index (κ2) is 2.32. The predicted octanol–water partition coefficient (Wildman–Crippen LogP) is 1.67. The van der Waals surface area contributed by atoms with E-state index in [1.54, 1.807) is 12.1 Å². The zero-order chi connectivity index (χ0) is 6.69. The molecule has 0 radical (unpaired) electrons. The Balaban J connectivity index is 3.06. The lowest BCUT2D eigenvalue weighted by Crippen LogP contribution is -1.73. The first-order valence-corrected chi connectivity index (χ1v) is 2.71. The lowest BCUT2D eigenvalue weighted by Gasteiger charge is -1.98. The van der Waals surface area contributed by atoms with E-state index < -0.39 is 0 Å². The molecule has 0 amide bonds. The molecule has 0 N–H and O–H groups in total. The third-order valence-corrected chi connectivity index (χ3v) is 1.10. The molecule has 1 aromatic rings. The second-order valence-electron chi connectivity index (χ2n) is 1.87. The highest BCUT2D eigenvalue weighted by atomic mass is 14.2. The van der Waals surface area contributed by atoms with Crippen LogP contribution in [0.5, 0.6) is 0 Å². The standard InChI is InChI=1S/C8H6N/c1-7-2-4-8(6-9)5-3-7/h2,4-5H,1H3/q-1. The quantitative estimate of drug-likeness (QED) is 0.473. The fourth-order valence-electron chi connectivity index (χ4n) is 0.572. The van der Waals surface area contributed by atoms with E-state index in [1.165, 1.54) is 0 Å². The van der Waals surface area contributed by atoms with Gasteiger partial charge in [0, 0.05) is 6.07 Å². The Morgan fingerprint density at radius 2 is 2.33 bits per heavy atom. The molecule has 0 atom stereocenters. The molecule has 0 aliphatic rings. The van der Waals surface area contributed by atoms with Crippen LogP contribution in [0.4, 0.5) is 0 Å². The monoisotopic (exact) mass is 116 g/mol. The summed E-state index contributed by atoms with van der Waals surface area (Å²) in [5, 5.41) is 8.36. The molecule has 0 unspecified atom stereocenters. The number of rotatable bonds is 0. The van der Waals surface area contributed by atoms with Gasteiger partial charge in [0.25, 0.3) is 0 Å². The lowest BCUT2D eigenvalue weighted by atomic mass is 10.2. The van der Waals surface area contributed by atoms with E-state index in [4.69, 9.17) is 5.26 Å². The maximum Gasteiger partial charge on any atom is 0.0307 e. The Morgan fingerprint density at radius 3 is 2.78 bits per heavy atom. The van der Waals surface area contributed by atoms with E-state index in [2.05, 4.69) is 6.07 Å². The zero-order valence-electron chi connectivity index (χ0n) is 5.18. The van der Waals surface area contributed by atoms with Crippen molar-refractivity contribution >= 4 is 0 Å². The molecule has 0 spiro atoms. The molecule has 9 heavy (non-hydrogen) atoms. The average molecular weight is 116 g/mol. The molecule has 0 bridgehead atoms. The average Bonchev–Trinajstić information content (AvgIpc) is 1.90. The molecule has 0 aromatic heterocycles. The van der Waals surface area contributed by atoms with Crippen LogP contribution in [0.1, 0.15) is 11.1 Å². The van der Waals surface area contributed by atoms with Gasteiger partial charge < -0.3 is 0 Å². The number of hydrogen-bond acceptors (Lipinski definition) is 1. The van der Waals surface area contributed by atoms with Crippen LogP contribution >= 0.6 is 0 Å². The van der Waals surface area contributed by atoms with Crippen LogP contribution in [0.15, 0.2) is 18.2 Å². The van der Waals surface area contributed by atoms with Gasteiger partial charge in [-0.05, 0) is 0 Å². The number of hydrogen-bond donors (Lipinski definition) is 0. The van der Waals surface area contributed by atoms with Gasteiger partial charge in [0.1, 0.15) is 0 Å². The van der Waals surface area contributed by atoms with E-state index in [-0.39, 0.29) is 0 Å². The van der Waals surface area contributed by atoms with Crippen LogP contribution in [0, 0.1) is 24.3 Å². The van der Waals surface area contributed by atoms with Gasteiger partial charge in [0.05, 0.1) is 0 Å². The van der Waals surface area contributed by atoms with Crippen molar-refractivity contribution in [1.82, 2.24) is 0 Å². The van der Waals surface area contributed by atoms with Crippen LogP contribution in [0.3, 0.4) is 0 Å². The molecule has 1 nitrogen and oxygen atoms in total. The van der Waals surface area contributed by atoms with Gasteiger partial charge in [-0.1, -0.05) is 12.5 Å². The lowest BCUT2D eigenvalue weighted by molar-refractivity contribution is 1.42. The van der Waals surface area contributed by atoms with Crippen LogP contribution in [0.2, 0.25) is 0 Å². The van der Waals surface area contributed by atoms with Gasteiger partial charge in [-0.3, -0.25) is 0 Å². The van der Waals surface area contributed by atoms with Crippen LogP contribution in [-0.2, 0) is 0 Å². The number of nitriles is 1. The van der Waals surface area contributed by atoms with Crippen molar-refractivity contribution in [3.05, 3.63) is 35.4 Å². The Morgan fingerprint density at radius 1 is 1.56 bits per heavy atom. The van der Waals surface area contributed by atoms with Crippen molar-refractivity contribution in [3.8, 4) is 6.07 Å². The molecule has 1 rings (SSSR count). The largest absolute Gasteiger partial charge is 0.208 e. The summed E-state index contributed by atoms with van der Waals surface area (Å²) in [5.41, 5.74) is 1.73. The minimum atomic E-state index is 0.667. The molecule has 0 heterocycles. The van der Waals surface area contributed by atoms with Crippen molar-refractivity contribution in [2.75, 3.05) is 0 Å². The molecule has 0 saturated carbocycles. The minimum Gasteiger partial charge on any atom is -0.208 e. The third kappa shape index (κ3) is 1.30. The summed E-state index contributed by atoms with van der Waals surface area (Å²) in [6.45, 7) is 1.95. The van der Waals surface area contributed by atoms with E-state index in [0.29, 0.717) is 5.56 Å². The molecule has 0 aliphatic heterocycles. The first-order valence-electron chi connectivity index (χ1n) is 2.71. The highest BCUT2D eigenvalue weighted by molar-refractivity contribution is 5.29. The molecule has 1 heteroatoms. The first kappa shape index (κ1) is 5.84. The smallest absolute Gasteiger partial charge is 0.0307 e. The third-order valence-electron chi connectivity index (χ3n) is 1.10. The summed E-state index contributed by atoms with van der Waals surface area (Å²) in [7, 11) is 0. The second-order valence-corrected chi connectivity index (χ2v) is 1.87. The Kier molecular flexibility index (Phi) is 1.51. The summed E-state index contributed by atoms with van der Waals surface area (Å²) in [6, 6.07) is 10.3. The van der Waals surface area contributed by atoms with Gasteiger partial charge in [-0.2, -0.15) is 29.8 Å². The van der Waals surface area contributed by atoms with Crippen molar-refractivity contribution in [3.63, 3.8) is 0 Å². The minimum absolute atomic E-state index is 0.667. The maximum atomic E-state index is 8.36. The SMILES string of the molecule is Cc1[c-]cc(C#N)cc1. The van der Waals surface area contributed by atoms with Gasteiger partial charge in [0.2, 0.25) is 0 Å². The van der Waals surface area contributed by atoms with E-state index in [1.807, 2.05) is 19.1 Å². The topological polar surface area (TPSA) is 23.8 Å². The normalized spacial score (nSPS) is 8.44. The predicted molar refractivity (Wildman–Crippen MR) is 34.7 cm³/mol. The van der Waals surface area contributed by atoms with E-state index in [9.17, 15) is 0 Å². The Hall–Kier alpha value is -1.29. The Bertz CT molecular complexity index is 228. The van der Waals surface area contributed by atoms with Gasteiger partial charge in [-0.25, -0.2) is 5.26 Å². The molecule has 0 saturated heterocycles. The summed E-state index contributed by atoms with van der Waals surface area (Å²) in [4.78, 5) is 0. The van der Waals surface area contributed by atoms with Crippen LogP contribution in [0.25, 0.3) is 0 Å². The molecule has 1 aromatic carbocycles. The number of benzene rings is 1. The van der Waals surface area contributed by atoms with Crippen molar-refractivity contribution < 1.29 is 0 Å². The summed E-state index contributed by atoms with van der Waals surface area (Å²) in [6.07, 6.45) is 0. The van der Waals surface area contributed by atoms with E-state index in [0.717, 1.165) is 5.56 Å². The van der Waals surface area contributed by atoms with Crippen molar-refractivity contribution in [1.29, 1.82) is 5.26 Å². The highest BCUT2D eigenvalue weighted by Gasteiger charge is 1.74. The number of aryl methyl sites for hydroxylation is 1. The molecular formula is C8H6N-. The summed E-state index contributed by atoms with van der Waals surface area (Å²) in [5.74, 6) is 0. The fraction of sp³-hybridized carbons (Fsp3) is 0.125. The molecule has 44 valence electrons. The van der Waals surface area contributed by atoms with Gasteiger partial charge in [0.15, 0.2) is 0 Å². The molecule has 0 fully saturated rings. The van der Waals surface area contributed by atoms with E-state index >= 15 is 0 Å². The van der Waals surface area contributed by atoms with Crippen LogP contribution < -0.4 is 0 Å². The first-order chi connectivity index (χ1) is 4.33. The fourth-order valence-corrected chi connectivity index (χ4v) is 0.572. The number of nitrogens with zero attached hydrogens (tertiary/aromatic N) is 1. The maximum absolute atomic E-state index is 8.36. The van der Waals surface area contributed by atoms with Gasteiger partial charge >= 0.3 is 0 Å².